The highest BCUT2D eigenvalue weighted by molar-refractivity contribution is 7.12. The molecule has 0 radical (unpaired) electrons. The van der Waals surface area contributed by atoms with Gasteiger partial charge in [0.1, 0.15) is 6.10 Å². The summed E-state index contributed by atoms with van der Waals surface area (Å²) in [4.78, 5) is 2.34. The van der Waals surface area contributed by atoms with E-state index in [1.54, 1.807) is 18.4 Å². The number of aliphatic hydroxyl groups is 1. The maximum Gasteiger partial charge on any atom is 0.101 e. The molecule has 0 saturated carbocycles. The topological polar surface area (TPSA) is 41.5 Å². The van der Waals surface area contributed by atoms with Crippen molar-refractivity contribution in [3.63, 3.8) is 0 Å². The van der Waals surface area contributed by atoms with Crippen LogP contribution in [0.3, 0.4) is 0 Å². The summed E-state index contributed by atoms with van der Waals surface area (Å²) in [6.45, 7) is 8.58. The first-order valence-corrected chi connectivity index (χ1v) is 6.74. The normalized spacial score (nSPS) is 13.9. The van der Waals surface area contributed by atoms with Gasteiger partial charge in [-0.3, -0.25) is 0 Å². The van der Waals surface area contributed by atoms with E-state index in [1.807, 2.05) is 6.07 Å². The average Bonchev–Trinajstić information content (AvgIpc) is 2.72. The second kappa shape index (κ2) is 6.50. The van der Waals surface area contributed by atoms with E-state index < -0.39 is 6.10 Å². The summed E-state index contributed by atoms with van der Waals surface area (Å²) in [7, 11) is 1.67. The van der Waals surface area contributed by atoms with Crippen molar-refractivity contribution in [3.05, 3.63) is 21.9 Å². The number of hydrogen-bond donors (Lipinski definition) is 2. The highest BCUT2D eigenvalue weighted by Crippen LogP contribution is 2.32. The van der Waals surface area contributed by atoms with Gasteiger partial charge in [0, 0.05) is 30.0 Å². The Morgan fingerprint density at radius 1 is 1.41 bits per heavy atom. The molecule has 1 aromatic heterocycles. The molecule has 0 fully saturated rings. The largest absolute Gasteiger partial charge is 0.386 e. The first-order valence-electron chi connectivity index (χ1n) is 5.93. The lowest BCUT2D eigenvalue weighted by atomic mass is 9.95. The third kappa shape index (κ3) is 4.76. The molecule has 0 aliphatic carbocycles. The summed E-state index contributed by atoms with van der Waals surface area (Å²) >= 11 is 1.69. The molecule has 0 aliphatic heterocycles. The summed E-state index contributed by atoms with van der Waals surface area (Å²) in [6, 6.07) is 4.13. The van der Waals surface area contributed by atoms with Gasteiger partial charge in [-0.25, -0.2) is 0 Å². The van der Waals surface area contributed by atoms with Crippen molar-refractivity contribution < 1.29 is 9.84 Å². The summed E-state index contributed by atoms with van der Waals surface area (Å²) in [5, 5.41) is 13.2. The van der Waals surface area contributed by atoms with Crippen LogP contribution in [0.2, 0.25) is 0 Å². The molecule has 0 aromatic carbocycles. The van der Waals surface area contributed by atoms with Gasteiger partial charge in [-0.15, -0.1) is 11.3 Å². The molecule has 0 amide bonds. The van der Waals surface area contributed by atoms with Crippen LogP contribution in [0.1, 0.15) is 36.6 Å². The Labute approximate surface area is 108 Å². The van der Waals surface area contributed by atoms with Crippen LogP contribution in [0.15, 0.2) is 12.1 Å². The smallest absolute Gasteiger partial charge is 0.101 e. The van der Waals surface area contributed by atoms with Crippen LogP contribution in [0.5, 0.6) is 0 Å². The van der Waals surface area contributed by atoms with E-state index in [0.29, 0.717) is 13.2 Å². The van der Waals surface area contributed by atoms with Crippen LogP contribution in [0, 0.1) is 0 Å². The number of aliphatic hydroxyl groups excluding tert-OH is 1. The highest BCUT2D eigenvalue weighted by Gasteiger charge is 2.18. The average molecular weight is 257 g/mol. The zero-order valence-electron chi connectivity index (χ0n) is 11.1. The monoisotopic (exact) mass is 257 g/mol. The molecule has 1 rings (SSSR count). The maximum absolute atomic E-state index is 10.0. The van der Waals surface area contributed by atoms with Crippen LogP contribution < -0.4 is 5.32 Å². The first kappa shape index (κ1) is 14.6. The minimum Gasteiger partial charge on any atom is -0.386 e. The van der Waals surface area contributed by atoms with Crippen molar-refractivity contribution in [3.8, 4) is 0 Å². The number of rotatable bonds is 6. The van der Waals surface area contributed by atoms with E-state index >= 15 is 0 Å². The van der Waals surface area contributed by atoms with Gasteiger partial charge >= 0.3 is 0 Å². The fourth-order valence-electron chi connectivity index (χ4n) is 1.45. The summed E-state index contributed by atoms with van der Waals surface area (Å²) in [5.41, 5.74) is 0.159. The van der Waals surface area contributed by atoms with Gasteiger partial charge in [0.25, 0.3) is 0 Å². The quantitative estimate of drug-likeness (QED) is 0.769. The van der Waals surface area contributed by atoms with Crippen molar-refractivity contribution in [1.29, 1.82) is 0 Å². The SMILES string of the molecule is COCCNCC(O)c1ccc(C(C)(C)C)s1. The summed E-state index contributed by atoms with van der Waals surface area (Å²) in [5.74, 6) is 0. The lowest BCUT2D eigenvalue weighted by Crippen LogP contribution is -2.24. The molecule has 3 nitrogen and oxygen atoms in total. The van der Waals surface area contributed by atoms with Gasteiger partial charge in [-0.1, -0.05) is 20.8 Å². The molecule has 1 atom stereocenters. The van der Waals surface area contributed by atoms with E-state index in [1.165, 1.54) is 4.88 Å². The van der Waals surface area contributed by atoms with E-state index in [9.17, 15) is 5.11 Å². The Morgan fingerprint density at radius 2 is 2.12 bits per heavy atom. The minimum absolute atomic E-state index is 0.159. The maximum atomic E-state index is 10.0. The molecule has 4 heteroatoms. The Hall–Kier alpha value is -0.420. The van der Waals surface area contributed by atoms with Gasteiger partial charge in [0.05, 0.1) is 6.61 Å². The zero-order chi connectivity index (χ0) is 12.9. The van der Waals surface area contributed by atoms with E-state index in [2.05, 4.69) is 32.2 Å². The fourth-order valence-corrected chi connectivity index (χ4v) is 2.50. The van der Waals surface area contributed by atoms with Crippen LogP contribution >= 0.6 is 11.3 Å². The van der Waals surface area contributed by atoms with Gasteiger partial charge < -0.3 is 15.2 Å². The van der Waals surface area contributed by atoms with E-state index in [-0.39, 0.29) is 5.41 Å². The predicted molar refractivity (Wildman–Crippen MR) is 72.7 cm³/mol. The Kier molecular flexibility index (Phi) is 5.59. The van der Waals surface area contributed by atoms with E-state index in [0.717, 1.165) is 11.4 Å². The Bertz CT molecular complexity index is 330. The van der Waals surface area contributed by atoms with Crippen molar-refractivity contribution in [2.75, 3.05) is 26.8 Å². The van der Waals surface area contributed by atoms with E-state index in [4.69, 9.17) is 4.74 Å². The molecule has 0 saturated heterocycles. The molecule has 1 unspecified atom stereocenters. The number of hydrogen-bond acceptors (Lipinski definition) is 4. The lowest BCUT2D eigenvalue weighted by Gasteiger charge is -2.15. The van der Waals surface area contributed by atoms with Gasteiger partial charge in [0.15, 0.2) is 0 Å². The number of nitrogens with one attached hydrogen (secondary N) is 1. The van der Waals surface area contributed by atoms with Crippen LogP contribution in [-0.2, 0) is 10.2 Å². The molecule has 0 spiro atoms. The molecule has 1 heterocycles. The molecule has 98 valence electrons. The standard InChI is InChI=1S/C13H23NO2S/c1-13(2,3)12-6-5-11(17-12)10(15)9-14-7-8-16-4/h5-6,10,14-15H,7-9H2,1-4H3. The van der Waals surface area contributed by atoms with Crippen LogP contribution in [-0.4, -0.2) is 31.9 Å². The molecule has 0 bridgehead atoms. The molecular formula is C13H23NO2S. The first-order chi connectivity index (χ1) is 7.95. The number of thiophene rings is 1. The second-order valence-corrected chi connectivity index (χ2v) is 6.28. The summed E-state index contributed by atoms with van der Waals surface area (Å²) in [6.07, 6.45) is -0.423. The van der Waals surface area contributed by atoms with Crippen LogP contribution in [0.25, 0.3) is 0 Å². The fraction of sp³-hybridized carbons (Fsp3) is 0.692. The van der Waals surface area contributed by atoms with Crippen molar-refractivity contribution in [1.82, 2.24) is 5.32 Å². The van der Waals surface area contributed by atoms with Crippen molar-refractivity contribution >= 4 is 11.3 Å². The molecule has 17 heavy (non-hydrogen) atoms. The molecule has 2 N–H and O–H groups in total. The van der Waals surface area contributed by atoms with Crippen LogP contribution in [0.4, 0.5) is 0 Å². The van der Waals surface area contributed by atoms with Crippen molar-refractivity contribution in [2.24, 2.45) is 0 Å². The van der Waals surface area contributed by atoms with Gasteiger partial charge in [-0.2, -0.15) is 0 Å². The predicted octanol–water partition coefficient (Wildman–Crippen LogP) is 2.32. The molecular weight excluding hydrogens is 234 g/mol. The third-order valence-electron chi connectivity index (χ3n) is 2.52. The number of methoxy groups -OCH3 is 1. The zero-order valence-corrected chi connectivity index (χ0v) is 11.9. The third-order valence-corrected chi connectivity index (χ3v) is 4.13. The second-order valence-electron chi connectivity index (χ2n) is 5.16. The molecule has 1 aromatic rings. The van der Waals surface area contributed by atoms with Crippen molar-refractivity contribution in [2.45, 2.75) is 32.3 Å². The number of ether oxygens (including phenoxy) is 1. The van der Waals surface area contributed by atoms with Gasteiger partial charge in [0.2, 0.25) is 0 Å². The lowest BCUT2D eigenvalue weighted by molar-refractivity contribution is 0.164. The Morgan fingerprint density at radius 3 is 2.65 bits per heavy atom. The minimum atomic E-state index is -0.423. The van der Waals surface area contributed by atoms with Gasteiger partial charge in [-0.05, 0) is 17.5 Å². The molecule has 0 aliphatic rings. The highest BCUT2D eigenvalue weighted by atomic mass is 32.1. The Balaban J connectivity index is 2.47. The summed E-state index contributed by atoms with van der Waals surface area (Å²) < 4.78 is 4.94.